The van der Waals surface area contributed by atoms with Gasteiger partial charge in [0.05, 0.1) is 22.3 Å². The number of hydrogen-bond donors (Lipinski definition) is 0. The van der Waals surface area contributed by atoms with Gasteiger partial charge in [0, 0.05) is 4.47 Å². The van der Waals surface area contributed by atoms with E-state index in [1.165, 1.54) is 28.8 Å². The quantitative estimate of drug-likeness (QED) is 0.317. The van der Waals surface area contributed by atoms with Crippen LogP contribution in [0.3, 0.4) is 0 Å². The van der Waals surface area contributed by atoms with Crippen molar-refractivity contribution >= 4 is 44.6 Å². The number of thioether (sulfide) groups is 1. The maximum absolute atomic E-state index is 13.3. The van der Waals surface area contributed by atoms with Crippen LogP contribution in [-0.2, 0) is 9.53 Å². The molecular weight excluding hydrogens is 447 g/mol. The Morgan fingerprint density at radius 1 is 1.21 bits per heavy atom. The average molecular weight is 465 g/mol. The molecule has 2 aromatic carbocycles. The van der Waals surface area contributed by atoms with Crippen molar-refractivity contribution in [2.24, 2.45) is 0 Å². The summed E-state index contributed by atoms with van der Waals surface area (Å²) in [7, 11) is 0. The summed E-state index contributed by atoms with van der Waals surface area (Å²) in [5, 5.41) is 0.752. The van der Waals surface area contributed by atoms with Gasteiger partial charge in [0.25, 0.3) is 5.56 Å². The van der Waals surface area contributed by atoms with Crippen LogP contribution in [0.5, 0.6) is 0 Å². The molecule has 0 amide bonds. The van der Waals surface area contributed by atoms with Crippen LogP contribution < -0.4 is 5.56 Å². The van der Waals surface area contributed by atoms with E-state index in [2.05, 4.69) is 20.9 Å². The normalized spacial score (nSPS) is 11.6. The van der Waals surface area contributed by atoms with Gasteiger partial charge in [-0.25, -0.2) is 9.37 Å². The van der Waals surface area contributed by atoms with Gasteiger partial charge < -0.3 is 4.74 Å². The van der Waals surface area contributed by atoms with Crippen LogP contribution in [-0.4, -0.2) is 26.9 Å². The Balaban J connectivity index is 2.08. The highest BCUT2D eigenvalue weighted by Gasteiger charge is 2.19. The smallest absolute Gasteiger partial charge is 0.316 e. The Labute approximate surface area is 174 Å². The lowest BCUT2D eigenvalue weighted by Crippen LogP contribution is -2.26. The number of ether oxygens (including phenoxy) is 1. The highest BCUT2D eigenvalue weighted by Crippen LogP contribution is 2.24. The minimum atomic E-state index is -0.601. The summed E-state index contributed by atoms with van der Waals surface area (Å²) < 4.78 is 20.8. The van der Waals surface area contributed by atoms with Crippen molar-refractivity contribution in [3.63, 3.8) is 0 Å². The molecule has 0 saturated heterocycles. The summed E-state index contributed by atoms with van der Waals surface area (Å²) >= 11 is 4.47. The third-order valence-electron chi connectivity index (χ3n) is 3.62. The van der Waals surface area contributed by atoms with E-state index >= 15 is 0 Å². The first-order valence-corrected chi connectivity index (χ1v) is 10.2. The Morgan fingerprint density at radius 2 is 1.89 bits per heavy atom. The molecule has 0 aliphatic rings. The Hall–Kier alpha value is -2.19. The summed E-state index contributed by atoms with van der Waals surface area (Å²) in [5.74, 6) is -0.825. The van der Waals surface area contributed by atoms with Gasteiger partial charge in [-0.2, -0.15) is 0 Å². The SMILES string of the molecule is CC(C)(C)OC(=O)CSc1nc2cc(Br)ccc2c(=O)n1-c1ccc(F)cc1. The van der Waals surface area contributed by atoms with E-state index in [0.717, 1.165) is 16.2 Å². The number of aromatic nitrogens is 2. The number of fused-ring (bicyclic) bond motifs is 1. The van der Waals surface area contributed by atoms with E-state index in [0.29, 0.717) is 21.7 Å². The molecule has 0 fully saturated rings. The summed E-state index contributed by atoms with van der Waals surface area (Å²) in [6, 6.07) is 10.7. The van der Waals surface area contributed by atoms with Gasteiger partial charge in [-0.1, -0.05) is 27.7 Å². The van der Waals surface area contributed by atoms with Gasteiger partial charge in [0.2, 0.25) is 0 Å². The molecule has 3 rings (SSSR count). The van der Waals surface area contributed by atoms with Crippen LogP contribution in [0.4, 0.5) is 4.39 Å². The van der Waals surface area contributed by atoms with Crippen molar-refractivity contribution in [2.45, 2.75) is 31.5 Å². The van der Waals surface area contributed by atoms with Crippen LogP contribution in [0, 0.1) is 5.82 Å². The molecule has 0 bridgehead atoms. The maximum Gasteiger partial charge on any atom is 0.316 e. The van der Waals surface area contributed by atoms with E-state index in [-0.39, 0.29) is 11.3 Å². The predicted molar refractivity (Wildman–Crippen MR) is 112 cm³/mol. The number of rotatable bonds is 4. The zero-order valence-electron chi connectivity index (χ0n) is 15.5. The number of benzene rings is 2. The highest BCUT2D eigenvalue weighted by molar-refractivity contribution is 9.10. The first kappa shape index (κ1) is 20.5. The second-order valence-corrected chi connectivity index (χ2v) is 8.91. The minimum Gasteiger partial charge on any atom is -0.459 e. The lowest BCUT2D eigenvalue weighted by molar-refractivity contribution is -0.151. The first-order chi connectivity index (χ1) is 13.1. The van der Waals surface area contributed by atoms with Crippen LogP contribution in [0.2, 0.25) is 0 Å². The number of carbonyl (C=O) groups excluding carboxylic acids is 1. The Bertz CT molecular complexity index is 1090. The monoisotopic (exact) mass is 464 g/mol. The van der Waals surface area contributed by atoms with E-state index in [1.807, 2.05) is 0 Å². The van der Waals surface area contributed by atoms with Gasteiger partial charge >= 0.3 is 5.97 Å². The van der Waals surface area contributed by atoms with Crippen molar-refractivity contribution in [3.05, 3.63) is 63.1 Å². The van der Waals surface area contributed by atoms with Crippen LogP contribution in [0.25, 0.3) is 16.6 Å². The van der Waals surface area contributed by atoms with Gasteiger partial charge in [-0.3, -0.25) is 14.2 Å². The van der Waals surface area contributed by atoms with Crippen molar-refractivity contribution in [1.29, 1.82) is 0 Å². The van der Waals surface area contributed by atoms with Crippen molar-refractivity contribution in [1.82, 2.24) is 9.55 Å². The predicted octanol–water partition coefficient (Wildman–Crippen LogP) is 4.72. The van der Waals surface area contributed by atoms with Gasteiger partial charge in [0.1, 0.15) is 11.4 Å². The molecule has 0 spiro atoms. The molecule has 5 nitrogen and oxygen atoms in total. The van der Waals surface area contributed by atoms with Crippen LogP contribution in [0.15, 0.2) is 56.9 Å². The third kappa shape index (κ3) is 4.80. The van der Waals surface area contributed by atoms with Crippen molar-refractivity contribution < 1.29 is 13.9 Å². The van der Waals surface area contributed by atoms with E-state index < -0.39 is 17.4 Å². The van der Waals surface area contributed by atoms with E-state index in [1.54, 1.807) is 39.0 Å². The second kappa shape index (κ2) is 8.05. The molecule has 0 atom stereocenters. The molecule has 0 aliphatic heterocycles. The van der Waals surface area contributed by atoms with Crippen LogP contribution >= 0.6 is 27.7 Å². The van der Waals surface area contributed by atoms with E-state index in [4.69, 9.17) is 4.74 Å². The first-order valence-electron chi connectivity index (χ1n) is 8.47. The fraction of sp³-hybridized carbons (Fsp3) is 0.250. The lowest BCUT2D eigenvalue weighted by Gasteiger charge is -2.19. The van der Waals surface area contributed by atoms with Gasteiger partial charge in [-0.15, -0.1) is 0 Å². The number of nitrogens with zero attached hydrogens (tertiary/aromatic N) is 2. The minimum absolute atomic E-state index is 0.00951. The second-order valence-electron chi connectivity index (χ2n) is 7.05. The number of hydrogen-bond acceptors (Lipinski definition) is 5. The topological polar surface area (TPSA) is 61.2 Å². The molecule has 0 aliphatic carbocycles. The molecule has 146 valence electrons. The molecule has 8 heteroatoms. The average Bonchev–Trinajstić information content (AvgIpc) is 2.59. The molecule has 0 saturated carbocycles. The van der Waals surface area contributed by atoms with E-state index in [9.17, 15) is 14.0 Å². The maximum atomic E-state index is 13.3. The third-order valence-corrected chi connectivity index (χ3v) is 5.03. The number of carbonyl (C=O) groups is 1. The number of halogens is 2. The summed E-state index contributed by atoms with van der Waals surface area (Å²) in [5.41, 5.74) is 0.0753. The lowest BCUT2D eigenvalue weighted by atomic mass is 10.2. The fourth-order valence-electron chi connectivity index (χ4n) is 2.55. The zero-order valence-corrected chi connectivity index (χ0v) is 17.9. The molecule has 28 heavy (non-hydrogen) atoms. The van der Waals surface area contributed by atoms with Crippen LogP contribution in [0.1, 0.15) is 20.8 Å². The van der Waals surface area contributed by atoms with Gasteiger partial charge in [0.15, 0.2) is 5.16 Å². The van der Waals surface area contributed by atoms with Crippen molar-refractivity contribution in [2.75, 3.05) is 5.75 Å². The standard InChI is InChI=1S/C20H18BrFN2O3S/c1-20(2,3)27-17(25)11-28-19-23-16-10-12(21)4-9-15(16)18(26)24(19)14-7-5-13(22)6-8-14/h4-10H,11H2,1-3H3. The fourth-order valence-corrected chi connectivity index (χ4v) is 3.68. The summed E-state index contributed by atoms with van der Waals surface area (Å²) in [6.07, 6.45) is 0. The largest absolute Gasteiger partial charge is 0.459 e. The summed E-state index contributed by atoms with van der Waals surface area (Å²) in [6.45, 7) is 5.36. The molecule has 1 heterocycles. The molecule has 1 aromatic heterocycles. The zero-order chi connectivity index (χ0) is 20.5. The van der Waals surface area contributed by atoms with Gasteiger partial charge in [-0.05, 0) is 63.2 Å². The number of esters is 1. The molecule has 0 N–H and O–H groups in total. The molecule has 3 aromatic rings. The molecule has 0 unspecified atom stereocenters. The highest BCUT2D eigenvalue weighted by atomic mass is 79.9. The summed E-state index contributed by atoms with van der Waals surface area (Å²) in [4.78, 5) is 29.8. The van der Waals surface area contributed by atoms with Crippen molar-refractivity contribution in [3.8, 4) is 5.69 Å². The Kier molecular flexibility index (Phi) is 5.90. The molecule has 0 radical (unpaired) electrons. The Morgan fingerprint density at radius 3 is 2.54 bits per heavy atom. The molecular formula is C20H18BrFN2O3S.